The molecule has 1 aromatic carbocycles. The molecule has 1 N–H and O–H groups in total. The van der Waals surface area contributed by atoms with Crippen LogP contribution in [0.5, 0.6) is 5.75 Å². The number of carboxylic acids is 1. The van der Waals surface area contributed by atoms with Crippen LogP contribution in [0.25, 0.3) is 0 Å². The van der Waals surface area contributed by atoms with Gasteiger partial charge in [0, 0.05) is 5.41 Å². The van der Waals surface area contributed by atoms with E-state index in [4.69, 9.17) is 14.7 Å². The molecule has 2 atom stereocenters. The van der Waals surface area contributed by atoms with Gasteiger partial charge in [0.2, 0.25) is 6.61 Å². The van der Waals surface area contributed by atoms with Crippen LogP contribution in [0.3, 0.4) is 0 Å². The van der Waals surface area contributed by atoms with Crippen LogP contribution in [0, 0.1) is 0 Å². The Morgan fingerprint density at radius 3 is 3.00 bits per heavy atom. The monoisotopic (exact) mass is 318 g/mol. The SMILES string of the molecule is COc1ccc2c(c1)C1(C)CCN(C)C(C2)C1=NOCC(=O)O. The van der Waals surface area contributed by atoms with Crippen molar-refractivity contribution in [3.05, 3.63) is 29.3 Å². The van der Waals surface area contributed by atoms with Crippen molar-refractivity contribution in [2.75, 3.05) is 27.3 Å². The first kappa shape index (κ1) is 15.8. The standard InChI is InChI=1S/C17H22N2O4/c1-17-6-7-19(2)14(16(17)18-23-10-15(20)21)8-11-4-5-12(22-3)9-13(11)17/h4-5,9,14H,6-8,10H2,1-3H3,(H,20,21). The second-order valence-electron chi connectivity index (χ2n) is 6.45. The number of oxime groups is 1. The highest BCUT2D eigenvalue weighted by Crippen LogP contribution is 2.43. The van der Waals surface area contributed by atoms with Gasteiger partial charge in [0.05, 0.1) is 18.9 Å². The number of hydrogen-bond donors (Lipinski definition) is 1. The van der Waals surface area contributed by atoms with E-state index in [9.17, 15) is 4.79 Å². The van der Waals surface area contributed by atoms with Crippen molar-refractivity contribution in [3.8, 4) is 5.75 Å². The molecule has 6 nitrogen and oxygen atoms in total. The van der Waals surface area contributed by atoms with Crippen molar-refractivity contribution in [1.82, 2.24) is 4.90 Å². The van der Waals surface area contributed by atoms with Crippen molar-refractivity contribution in [1.29, 1.82) is 0 Å². The normalized spacial score (nSPS) is 28.3. The molecule has 1 aliphatic heterocycles. The fourth-order valence-electron chi connectivity index (χ4n) is 3.69. The zero-order chi connectivity index (χ0) is 16.6. The van der Waals surface area contributed by atoms with Crippen molar-refractivity contribution < 1.29 is 19.5 Å². The highest BCUT2D eigenvalue weighted by molar-refractivity contribution is 6.01. The van der Waals surface area contributed by atoms with Crippen molar-refractivity contribution >= 4 is 11.7 Å². The number of rotatable bonds is 4. The van der Waals surface area contributed by atoms with Gasteiger partial charge in [-0.05, 0) is 56.6 Å². The minimum atomic E-state index is -1.02. The molecule has 1 aliphatic carbocycles. The lowest BCUT2D eigenvalue weighted by atomic mass is 9.63. The molecule has 1 fully saturated rings. The summed E-state index contributed by atoms with van der Waals surface area (Å²) in [4.78, 5) is 18.0. The second-order valence-corrected chi connectivity index (χ2v) is 6.45. The summed E-state index contributed by atoms with van der Waals surface area (Å²) < 4.78 is 5.37. The number of hydrogen-bond acceptors (Lipinski definition) is 5. The number of benzene rings is 1. The first-order valence-electron chi connectivity index (χ1n) is 7.75. The molecule has 124 valence electrons. The van der Waals surface area contributed by atoms with Crippen LogP contribution in [-0.2, 0) is 21.5 Å². The summed E-state index contributed by atoms with van der Waals surface area (Å²) in [6, 6.07) is 6.32. The molecule has 1 aromatic rings. The van der Waals surface area contributed by atoms with E-state index in [1.54, 1.807) is 7.11 Å². The third-order valence-corrected chi connectivity index (χ3v) is 5.05. The van der Waals surface area contributed by atoms with Gasteiger partial charge >= 0.3 is 5.97 Å². The first-order valence-corrected chi connectivity index (χ1v) is 7.75. The number of aliphatic carboxylic acids is 1. The highest BCUT2D eigenvalue weighted by Gasteiger charge is 2.48. The fraction of sp³-hybridized carbons (Fsp3) is 0.529. The molecule has 23 heavy (non-hydrogen) atoms. The topological polar surface area (TPSA) is 71.4 Å². The number of methoxy groups -OCH3 is 1. The van der Waals surface area contributed by atoms with E-state index in [0.717, 1.165) is 30.8 Å². The lowest BCUT2D eigenvalue weighted by Crippen LogP contribution is -2.58. The zero-order valence-electron chi connectivity index (χ0n) is 13.7. The molecule has 2 aliphatic rings. The minimum absolute atomic E-state index is 0.142. The molecule has 2 bridgehead atoms. The lowest BCUT2D eigenvalue weighted by molar-refractivity contribution is -0.142. The van der Waals surface area contributed by atoms with Gasteiger partial charge in [-0.25, -0.2) is 4.79 Å². The van der Waals surface area contributed by atoms with E-state index >= 15 is 0 Å². The Kier molecular flexibility index (Phi) is 4.02. The number of carbonyl (C=O) groups is 1. The summed E-state index contributed by atoms with van der Waals surface area (Å²) in [6.07, 6.45) is 1.76. The van der Waals surface area contributed by atoms with Crippen LogP contribution in [0.4, 0.5) is 0 Å². The van der Waals surface area contributed by atoms with Gasteiger partial charge in [0.1, 0.15) is 5.75 Å². The summed E-state index contributed by atoms with van der Waals surface area (Å²) in [7, 11) is 3.74. The predicted molar refractivity (Wildman–Crippen MR) is 86.1 cm³/mol. The Labute approximate surface area is 135 Å². The van der Waals surface area contributed by atoms with Crippen molar-refractivity contribution in [3.63, 3.8) is 0 Å². The molecule has 0 spiro atoms. The number of piperidine rings is 1. The van der Waals surface area contributed by atoms with Gasteiger partial charge in [-0.15, -0.1) is 0 Å². The minimum Gasteiger partial charge on any atom is -0.497 e. The molecule has 0 saturated carbocycles. The van der Waals surface area contributed by atoms with E-state index < -0.39 is 12.6 Å². The summed E-state index contributed by atoms with van der Waals surface area (Å²) in [5, 5.41) is 13.0. The number of likely N-dealkylation sites (N-methyl/N-ethyl adjacent to an activating group) is 1. The Hall–Kier alpha value is -2.08. The van der Waals surface area contributed by atoms with E-state index in [0.29, 0.717) is 0 Å². The Morgan fingerprint density at radius 2 is 2.30 bits per heavy atom. The Morgan fingerprint density at radius 1 is 1.52 bits per heavy atom. The number of ether oxygens (including phenoxy) is 1. The summed E-state index contributed by atoms with van der Waals surface area (Å²) >= 11 is 0. The van der Waals surface area contributed by atoms with Gasteiger partial charge in [0.15, 0.2) is 0 Å². The van der Waals surface area contributed by atoms with Crippen LogP contribution >= 0.6 is 0 Å². The van der Waals surface area contributed by atoms with Gasteiger partial charge in [-0.1, -0.05) is 11.2 Å². The molecule has 2 unspecified atom stereocenters. The molecular weight excluding hydrogens is 296 g/mol. The molecule has 0 radical (unpaired) electrons. The maximum atomic E-state index is 10.7. The maximum Gasteiger partial charge on any atom is 0.344 e. The van der Waals surface area contributed by atoms with E-state index in [1.165, 1.54) is 11.1 Å². The number of fused-ring (bicyclic) bond motifs is 4. The maximum absolute atomic E-state index is 10.7. The van der Waals surface area contributed by atoms with Crippen LogP contribution in [0.1, 0.15) is 24.5 Å². The number of likely N-dealkylation sites (tertiary alicyclic amines) is 1. The van der Waals surface area contributed by atoms with Gasteiger partial charge in [-0.3, -0.25) is 4.90 Å². The van der Waals surface area contributed by atoms with Crippen LogP contribution in [0.2, 0.25) is 0 Å². The molecule has 3 rings (SSSR count). The van der Waals surface area contributed by atoms with Gasteiger partial charge in [0.25, 0.3) is 0 Å². The van der Waals surface area contributed by atoms with Crippen molar-refractivity contribution in [2.45, 2.75) is 31.2 Å². The van der Waals surface area contributed by atoms with Crippen LogP contribution < -0.4 is 4.74 Å². The van der Waals surface area contributed by atoms with E-state index in [-0.39, 0.29) is 11.5 Å². The first-order chi connectivity index (χ1) is 11.0. The van der Waals surface area contributed by atoms with E-state index in [1.807, 2.05) is 6.07 Å². The molecule has 6 heteroatoms. The molecule has 0 amide bonds. The third kappa shape index (κ3) is 2.67. The van der Waals surface area contributed by atoms with E-state index in [2.05, 4.69) is 36.2 Å². The summed E-state index contributed by atoms with van der Waals surface area (Å²) in [6.45, 7) is 2.71. The largest absolute Gasteiger partial charge is 0.497 e. The van der Waals surface area contributed by atoms with Crippen LogP contribution in [-0.4, -0.2) is 55.0 Å². The Bertz CT molecular complexity index is 658. The smallest absolute Gasteiger partial charge is 0.344 e. The fourth-order valence-corrected chi connectivity index (χ4v) is 3.69. The predicted octanol–water partition coefficient (Wildman–Crippen LogP) is 1.67. The van der Waals surface area contributed by atoms with Crippen molar-refractivity contribution in [2.24, 2.45) is 5.16 Å². The Balaban J connectivity index is 2.04. The number of nitrogens with zero attached hydrogens (tertiary/aromatic N) is 2. The lowest BCUT2D eigenvalue weighted by Gasteiger charge is -2.49. The molecule has 1 heterocycles. The molecule has 0 aromatic heterocycles. The second kappa shape index (κ2) is 5.85. The average Bonchev–Trinajstić information content (AvgIpc) is 2.53. The van der Waals surface area contributed by atoms with Crippen LogP contribution in [0.15, 0.2) is 23.4 Å². The molecule has 1 saturated heterocycles. The summed E-state index contributed by atoms with van der Waals surface area (Å²) in [5.74, 6) is -0.191. The third-order valence-electron chi connectivity index (χ3n) is 5.05. The number of carboxylic acid groups (broad SMARTS) is 1. The van der Waals surface area contributed by atoms with Gasteiger partial charge in [-0.2, -0.15) is 0 Å². The quantitative estimate of drug-likeness (QED) is 0.855. The zero-order valence-corrected chi connectivity index (χ0v) is 13.7. The molecular formula is C17H22N2O4. The summed E-state index contributed by atoms with van der Waals surface area (Å²) in [5.41, 5.74) is 3.16. The highest BCUT2D eigenvalue weighted by atomic mass is 16.6. The van der Waals surface area contributed by atoms with Gasteiger partial charge < -0.3 is 14.7 Å². The average molecular weight is 318 g/mol.